The van der Waals surface area contributed by atoms with Crippen molar-refractivity contribution in [3.05, 3.63) is 42.1 Å². The van der Waals surface area contributed by atoms with E-state index in [0.717, 1.165) is 17.9 Å². The second-order valence-electron chi connectivity index (χ2n) is 5.66. The fraction of sp³-hybridized carbons (Fsp3) is 0.438. The highest BCUT2D eigenvalue weighted by Crippen LogP contribution is 2.38. The summed E-state index contributed by atoms with van der Waals surface area (Å²) in [6.45, 7) is 2.31. The molecule has 1 aromatic heterocycles. The lowest BCUT2D eigenvalue weighted by atomic mass is 9.90. The number of pyridine rings is 1. The molecule has 0 bridgehead atoms. The summed E-state index contributed by atoms with van der Waals surface area (Å²) < 4.78 is 0. The number of para-hydroxylation sites is 1. The van der Waals surface area contributed by atoms with Gasteiger partial charge in [0.1, 0.15) is 0 Å². The normalized spacial score (nSPS) is 18.4. The van der Waals surface area contributed by atoms with Crippen molar-refractivity contribution in [3.63, 3.8) is 0 Å². The summed E-state index contributed by atoms with van der Waals surface area (Å²) in [4.78, 5) is 4.42. The van der Waals surface area contributed by atoms with Crippen molar-refractivity contribution in [2.75, 3.05) is 0 Å². The molecule has 0 spiro atoms. The van der Waals surface area contributed by atoms with Crippen LogP contribution in [0.25, 0.3) is 10.9 Å². The Morgan fingerprint density at radius 3 is 2.84 bits per heavy atom. The molecule has 3 rings (SSSR count). The van der Waals surface area contributed by atoms with Crippen LogP contribution in [0.1, 0.15) is 25.3 Å². The fourth-order valence-electron chi connectivity index (χ4n) is 2.92. The number of nitrogens with zero attached hydrogens (tertiary/aromatic N) is 1. The molecule has 1 fully saturated rings. The van der Waals surface area contributed by atoms with Gasteiger partial charge in [-0.05, 0) is 48.8 Å². The summed E-state index contributed by atoms with van der Waals surface area (Å²) in [5.41, 5.74) is 5.41. The first-order valence-electron chi connectivity index (χ1n) is 7.08. The molecule has 0 saturated heterocycles. The van der Waals surface area contributed by atoms with Crippen molar-refractivity contribution >= 4 is 10.9 Å². The quantitative estimate of drug-likeness (QED) is 0.638. The first kappa shape index (κ1) is 12.6. The third kappa shape index (κ3) is 2.62. The number of hydrogen-bond donors (Lipinski definition) is 2. The molecule has 3 nitrogen and oxygen atoms in total. The van der Waals surface area contributed by atoms with Crippen LogP contribution >= 0.6 is 0 Å². The van der Waals surface area contributed by atoms with Crippen molar-refractivity contribution in [3.8, 4) is 0 Å². The third-order valence-corrected chi connectivity index (χ3v) is 4.39. The van der Waals surface area contributed by atoms with Crippen LogP contribution < -0.4 is 11.3 Å². The van der Waals surface area contributed by atoms with Crippen LogP contribution in [-0.2, 0) is 6.42 Å². The summed E-state index contributed by atoms with van der Waals surface area (Å²) in [5.74, 6) is 7.26. The Morgan fingerprint density at radius 1 is 1.32 bits per heavy atom. The van der Waals surface area contributed by atoms with E-state index in [1.165, 1.54) is 23.8 Å². The Balaban J connectivity index is 1.87. The lowest BCUT2D eigenvalue weighted by Gasteiger charge is -2.23. The minimum atomic E-state index is 0.346. The molecule has 2 atom stereocenters. The molecule has 0 radical (unpaired) electrons. The Morgan fingerprint density at radius 2 is 2.11 bits per heavy atom. The van der Waals surface area contributed by atoms with E-state index in [4.69, 9.17) is 5.84 Å². The van der Waals surface area contributed by atoms with Gasteiger partial charge in [-0.15, -0.1) is 0 Å². The Kier molecular flexibility index (Phi) is 3.49. The topological polar surface area (TPSA) is 50.9 Å². The summed E-state index contributed by atoms with van der Waals surface area (Å²) in [6.07, 6.45) is 5.58. The highest BCUT2D eigenvalue weighted by atomic mass is 15.2. The SMILES string of the molecule is CC(C1CC1)C(Cc1ccnc2ccccc12)NN. The maximum absolute atomic E-state index is 5.77. The molecule has 0 aliphatic heterocycles. The molecule has 1 aliphatic carbocycles. The van der Waals surface area contributed by atoms with Gasteiger partial charge in [0.15, 0.2) is 0 Å². The van der Waals surface area contributed by atoms with Gasteiger partial charge in [0.2, 0.25) is 0 Å². The van der Waals surface area contributed by atoms with Gasteiger partial charge in [-0.25, -0.2) is 0 Å². The maximum Gasteiger partial charge on any atom is 0.0704 e. The fourth-order valence-corrected chi connectivity index (χ4v) is 2.92. The lowest BCUT2D eigenvalue weighted by Crippen LogP contribution is -2.42. The first-order valence-corrected chi connectivity index (χ1v) is 7.08. The summed E-state index contributed by atoms with van der Waals surface area (Å²) >= 11 is 0. The van der Waals surface area contributed by atoms with Crippen LogP contribution in [0.15, 0.2) is 36.5 Å². The van der Waals surface area contributed by atoms with Gasteiger partial charge in [0.25, 0.3) is 0 Å². The molecule has 1 aromatic carbocycles. The average Bonchev–Trinajstić information content (AvgIpc) is 3.28. The summed E-state index contributed by atoms with van der Waals surface area (Å²) in [6, 6.07) is 10.8. The van der Waals surface area contributed by atoms with Crippen molar-refractivity contribution in [2.24, 2.45) is 17.7 Å². The minimum absolute atomic E-state index is 0.346. The number of hydrazine groups is 1. The molecule has 19 heavy (non-hydrogen) atoms. The minimum Gasteiger partial charge on any atom is -0.271 e. The van der Waals surface area contributed by atoms with E-state index >= 15 is 0 Å². The van der Waals surface area contributed by atoms with Gasteiger partial charge in [0, 0.05) is 17.6 Å². The molecule has 3 N–H and O–H groups in total. The van der Waals surface area contributed by atoms with E-state index in [1.807, 2.05) is 12.3 Å². The van der Waals surface area contributed by atoms with Crippen molar-refractivity contribution < 1.29 is 0 Å². The second kappa shape index (κ2) is 5.27. The molecular formula is C16H21N3. The zero-order chi connectivity index (χ0) is 13.2. The van der Waals surface area contributed by atoms with Crippen molar-refractivity contribution in [1.29, 1.82) is 0 Å². The van der Waals surface area contributed by atoms with Gasteiger partial charge < -0.3 is 0 Å². The number of hydrogen-bond acceptors (Lipinski definition) is 3. The number of benzene rings is 1. The second-order valence-corrected chi connectivity index (χ2v) is 5.66. The Hall–Kier alpha value is -1.45. The van der Waals surface area contributed by atoms with Crippen molar-refractivity contribution in [2.45, 2.75) is 32.2 Å². The van der Waals surface area contributed by atoms with Crippen LogP contribution in [0.3, 0.4) is 0 Å². The number of rotatable bonds is 5. The van der Waals surface area contributed by atoms with Gasteiger partial charge in [-0.2, -0.15) is 0 Å². The zero-order valence-electron chi connectivity index (χ0n) is 11.3. The van der Waals surface area contributed by atoms with Crippen LogP contribution in [0.4, 0.5) is 0 Å². The number of fused-ring (bicyclic) bond motifs is 1. The smallest absolute Gasteiger partial charge is 0.0704 e. The van der Waals surface area contributed by atoms with E-state index in [0.29, 0.717) is 12.0 Å². The molecule has 1 saturated carbocycles. The predicted molar refractivity (Wildman–Crippen MR) is 78.4 cm³/mol. The first-order chi connectivity index (χ1) is 9.29. The lowest BCUT2D eigenvalue weighted by molar-refractivity contribution is 0.344. The summed E-state index contributed by atoms with van der Waals surface area (Å²) in [5, 5.41) is 1.24. The van der Waals surface area contributed by atoms with Crippen molar-refractivity contribution in [1.82, 2.24) is 10.4 Å². The molecule has 0 amide bonds. The molecule has 2 aromatic rings. The van der Waals surface area contributed by atoms with E-state index in [1.54, 1.807) is 0 Å². The largest absolute Gasteiger partial charge is 0.271 e. The predicted octanol–water partition coefficient (Wildman–Crippen LogP) is 2.66. The third-order valence-electron chi connectivity index (χ3n) is 4.39. The number of nitrogens with two attached hydrogens (primary N) is 1. The average molecular weight is 255 g/mol. The molecule has 1 aliphatic rings. The molecule has 3 heteroatoms. The molecule has 1 heterocycles. The van der Waals surface area contributed by atoms with Crippen LogP contribution in [-0.4, -0.2) is 11.0 Å². The van der Waals surface area contributed by atoms with E-state index in [2.05, 4.69) is 41.6 Å². The Bertz CT molecular complexity index is 557. The Labute approximate surface area is 114 Å². The van der Waals surface area contributed by atoms with Crippen LogP contribution in [0, 0.1) is 11.8 Å². The number of aromatic nitrogens is 1. The molecule has 2 unspecified atom stereocenters. The van der Waals surface area contributed by atoms with Gasteiger partial charge >= 0.3 is 0 Å². The standard InChI is InChI=1S/C16H21N3/c1-11(12-6-7-12)16(19-17)10-13-8-9-18-15-5-3-2-4-14(13)15/h2-5,8-9,11-12,16,19H,6-7,10,17H2,1H3. The molecular weight excluding hydrogens is 234 g/mol. The summed E-state index contributed by atoms with van der Waals surface area (Å²) in [7, 11) is 0. The zero-order valence-corrected chi connectivity index (χ0v) is 11.3. The van der Waals surface area contributed by atoms with Crippen LogP contribution in [0.2, 0.25) is 0 Å². The van der Waals surface area contributed by atoms with Gasteiger partial charge in [0.05, 0.1) is 5.52 Å². The van der Waals surface area contributed by atoms with E-state index in [-0.39, 0.29) is 0 Å². The number of nitrogens with one attached hydrogen (secondary N) is 1. The van der Waals surface area contributed by atoms with Crippen LogP contribution in [0.5, 0.6) is 0 Å². The van der Waals surface area contributed by atoms with Gasteiger partial charge in [-0.1, -0.05) is 25.1 Å². The monoisotopic (exact) mass is 255 g/mol. The van der Waals surface area contributed by atoms with E-state index < -0.39 is 0 Å². The highest BCUT2D eigenvalue weighted by Gasteiger charge is 2.33. The van der Waals surface area contributed by atoms with E-state index in [9.17, 15) is 0 Å². The van der Waals surface area contributed by atoms with Gasteiger partial charge in [-0.3, -0.25) is 16.3 Å². The maximum atomic E-state index is 5.77. The molecule has 100 valence electrons. The highest BCUT2D eigenvalue weighted by molar-refractivity contribution is 5.81.